The van der Waals surface area contributed by atoms with Crippen LogP contribution in [0.1, 0.15) is 50.3 Å². The van der Waals surface area contributed by atoms with E-state index in [0.717, 1.165) is 54.4 Å². The molecule has 9 heteroatoms. The number of carbonyl (C=O) groups excluding carboxylic acids is 1. The van der Waals surface area contributed by atoms with E-state index < -0.39 is 11.1 Å². The molecule has 1 amide bonds. The third-order valence-electron chi connectivity index (χ3n) is 9.27. The first-order valence-electron chi connectivity index (χ1n) is 14.1. The van der Waals surface area contributed by atoms with Crippen molar-refractivity contribution in [3.63, 3.8) is 0 Å². The van der Waals surface area contributed by atoms with Gasteiger partial charge in [0.25, 0.3) is 0 Å². The van der Waals surface area contributed by atoms with Gasteiger partial charge in [-0.25, -0.2) is 4.39 Å². The molecular formula is C30H34FN7O. The van der Waals surface area contributed by atoms with E-state index in [1.807, 2.05) is 17.2 Å². The first-order valence-corrected chi connectivity index (χ1v) is 14.1. The number of dihydropyridines is 1. The molecule has 8 nitrogen and oxygen atoms in total. The first kappa shape index (κ1) is 24.3. The predicted molar refractivity (Wildman–Crippen MR) is 148 cm³/mol. The normalized spacial score (nSPS) is 34.9. The summed E-state index contributed by atoms with van der Waals surface area (Å²) in [4.78, 5) is 15.2. The van der Waals surface area contributed by atoms with Gasteiger partial charge in [0.15, 0.2) is 0 Å². The van der Waals surface area contributed by atoms with Crippen molar-refractivity contribution in [1.29, 1.82) is 0 Å². The number of rotatable bonds is 6. The van der Waals surface area contributed by atoms with Crippen LogP contribution in [0.3, 0.4) is 0 Å². The lowest BCUT2D eigenvalue weighted by Crippen LogP contribution is -2.42. The van der Waals surface area contributed by atoms with E-state index in [0.29, 0.717) is 19.0 Å². The number of hydrogen-bond donors (Lipinski definition) is 3. The van der Waals surface area contributed by atoms with Gasteiger partial charge in [-0.2, -0.15) is 10.2 Å². The zero-order valence-corrected chi connectivity index (χ0v) is 22.2. The number of carbonyl (C=O) groups is 1. The van der Waals surface area contributed by atoms with Crippen LogP contribution in [0.2, 0.25) is 0 Å². The van der Waals surface area contributed by atoms with Gasteiger partial charge in [0, 0.05) is 37.0 Å². The fourth-order valence-corrected chi connectivity index (χ4v) is 6.59. The number of allylic oxidation sites excluding steroid dienone is 5. The van der Waals surface area contributed by atoms with Gasteiger partial charge in [-0.3, -0.25) is 15.3 Å². The molecule has 0 spiro atoms. The maximum atomic E-state index is 15.1. The molecule has 2 saturated carbocycles. The molecule has 0 radical (unpaired) electrons. The number of benzene rings is 1. The van der Waals surface area contributed by atoms with E-state index in [9.17, 15) is 4.79 Å². The highest BCUT2D eigenvalue weighted by Gasteiger charge is 2.72. The van der Waals surface area contributed by atoms with Gasteiger partial charge in [-0.1, -0.05) is 42.5 Å². The monoisotopic (exact) mass is 527 g/mol. The van der Waals surface area contributed by atoms with E-state index in [1.54, 1.807) is 18.2 Å². The molecule has 5 aliphatic rings. The molecule has 1 aromatic carbocycles. The molecule has 5 atom stereocenters. The van der Waals surface area contributed by atoms with Crippen LogP contribution in [0, 0.1) is 11.3 Å². The van der Waals surface area contributed by atoms with Crippen LogP contribution in [0.15, 0.2) is 71.2 Å². The predicted octanol–water partition coefficient (Wildman–Crippen LogP) is 4.86. The number of nitrogens with one attached hydrogen (secondary N) is 3. The second-order valence-corrected chi connectivity index (χ2v) is 11.8. The summed E-state index contributed by atoms with van der Waals surface area (Å²) in [6.45, 7) is 4.13. The fraction of sp³-hybridized carbons (Fsp3) is 0.467. The Hall–Kier alpha value is -3.75. The number of halogens is 1. The van der Waals surface area contributed by atoms with Crippen molar-refractivity contribution in [2.45, 2.75) is 56.3 Å². The Balaban J connectivity index is 1.07. The molecule has 2 aromatic rings. The minimum absolute atomic E-state index is 0.107. The van der Waals surface area contributed by atoms with Crippen molar-refractivity contribution in [3.05, 3.63) is 72.1 Å². The van der Waals surface area contributed by atoms with Crippen LogP contribution in [0.5, 0.6) is 0 Å². The highest BCUT2D eigenvalue weighted by Crippen LogP contribution is 2.63. The molecule has 2 aliphatic heterocycles. The third kappa shape index (κ3) is 3.93. The average molecular weight is 528 g/mol. The van der Waals surface area contributed by atoms with Crippen molar-refractivity contribution in [2.24, 2.45) is 21.7 Å². The van der Waals surface area contributed by atoms with Gasteiger partial charge < -0.3 is 10.2 Å². The molecule has 202 valence electrons. The van der Waals surface area contributed by atoms with Crippen molar-refractivity contribution >= 4 is 22.4 Å². The quantitative estimate of drug-likeness (QED) is 0.369. The van der Waals surface area contributed by atoms with Crippen molar-refractivity contribution in [1.82, 2.24) is 25.8 Å². The Kier molecular flexibility index (Phi) is 5.54. The van der Waals surface area contributed by atoms with Crippen molar-refractivity contribution in [3.8, 4) is 0 Å². The summed E-state index contributed by atoms with van der Waals surface area (Å²) in [5.41, 5.74) is 4.80. The fourth-order valence-electron chi connectivity index (χ4n) is 6.59. The van der Waals surface area contributed by atoms with Crippen LogP contribution in [-0.4, -0.2) is 52.3 Å². The van der Waals surface area contributed by atoms with Crippen LogP contribution in [0.4, 0.5) is 4.39 Å². The molecule has 1 aromatic heterocycles. The number of H-pyrrole nitrogens is 1. The third-order valence-corrected chi connectivity index (χ3v) is 9.27. The van der Waals surface area contributed by atoms with Crippen LogP contribution in [-0.2, 0) is 10.3 Å². The van der Waals surface area contributed by atoms with E-state index in [2.05, 4.69) is 62.5 Å². The Morgan fingerprint density at radius 1 is 1.26 bits per heavy atom. The highest BCUT2D eigenvalue weighted by atomic mass is 19.1. The zero-order valence-electron chi connectivity index (χ0n) is 22.2. The summed E-state index contributed by atoms with van der Waals surface area (Å²) in [7, 11) is 0. The average Bonchev–Trinajstić information content (AvgIpc) is 3.78. The summed E-state index contributed by atoms with van der Waals surface area (Å²) >= 11 is 0. The SMILES string of the molecule is CC1CC1(NN=N[C@@H]1CCCCN(C(=O)C23C=CC=CC2(F)C3)C1)c1ccc2[nH]nc(C3=CCNC=C3)c2c1. The standard InChI is InChI=1S/C30H34FN7O/c1-20-17-30(20,22-7-8-25-24(16-22)26(35-34-25)21-9-13-32-14-10-21)36-37-33-23-6-2-5-15-38(18-23)27(39)28-11-3-4-12-29(28,31)19-28/h3-4,7-13,16,20,23,32H,2,5-6,14-15,17-19H2,1H3,(H,33,36)(H,34,35)/t20?,23-,28?,29?,30?/m1/s1. The number of amides is 1. The minimum Gasteiger partial charge on any atom is -0.387 e. The molecule has 3 fully saturated rings. The Morgan fingerprint density at radius 3 is 2.92 bits per heavy atom. The number of fused-ring (bicyclic) bond motifs is 2. The molecule has 1 saturated heterocycles. The molecule has 3 N–H and O–H groups in total. The van der Waals surface area contributed by atoms with E-state index in [1.165, 1.54) is 11.6 Å². The summed E-state index contributed by atoms with van der Waals surface area (Å²) in [6.07, 6.45) is 16.9. The summed E-state index contributed by atoms with van der Waals surface area (Å²) in [5, 5.41) is 21.2. The van der Waals surface area contributed by atoms with E-state index in [-0.39, 0.29) is 23.9 Å². The van der Waals surface area contributed by atoms with Gasteiger partial charge in [-0.05, 0) is 67.6 Å². The van der Waals surface area contributed by atoms with Crippen molar-refractivity contribution < 1.29 is 9.18 Å². The summed E-state index contributed by atoms with van der Waals surface area (Å²) in [5.74, 6) is 0.295. The maximum Gasteiger partial charge on any atom is 0.236 e. The van der Waals surface area contributed by atoms with Gasteiger partial charge in [0.1, 0.15) is 11.1 Å². The van der Waals surface area contributed by atoms with E-state index >= 15 is 4.39 Å². The second kappa shape index (κ2) is 8.89. The number of aromatic amines is 1. The lowest BCUT2D eigenvalue weighted by molar-refractivity contribution is -0.136. The Labute approximate surface area is 227 Å². The molecule has 0 bridgehead atoms. The lowest BCUT2D eigenvalue weighted by atomic mass is 9.96. The van der Waals surface area contributed by atoms with Gasteiger partial charge in [-0.15, -0.1) is 0 Å². The number of hydrogen-bond acceptors (Lipinski definition) is 5. The number of likely N-dealkylation sites (tertiary alicyclic amines) is 1. The highest BCUT2D eigenvalue weighted by molar-refractivity contribution is 5.94. The van der Waals surface area contributed by atoms with Crippen LogP contribution < -0.4 is 10.7 Å². The van der Waals surface area contributed by atoms with Gasteiger partial charge >= 0.3 is 0 Å². The summed E-state index contributed by atoms with van der Waals surface area (Å²) in [6, 6.07) is 6.33. The first-order chi connectivity index (χ1) is 18.9. The number of nitrogens with zero attached hydrogens (tertiary/aromatic N) is 4. The molecule has 39 heavy (non-hydrogen) atoms. The van der Waals surface area contributed by atoms with Gasteiger partial charge in [0.2, 0.25) is 5.91 Å². The minimum atomic E-state index is -1.53. The molecule has 7 rings (SSSR count). The smallest absolute Gasteiger partial charge is 0.236 e. The van der Waals surface area contributed by atoms with Crippen molar-refractivity contribution in [2.75, 3.05) is 19.6 Å². The topological polar surface area (TPSA) is 97.8 Å². The van der Waals surface area contributed by atoms with E-state index in [4.69, 9.17) is 0 Å². The number of alkyl halides is 1. The van der Waals surface area contributed by atoms with Crippen LogP contribution in [0.25, 0.3) is 16.5 Å². The number of aromatic nitrogens is 2. The summed E-state index contributed by atoms with van der Waals surface area (Å²) < 4.78 is 15.1. The lowest BCUT2D eigenvalue weighted by Gasteiger charge is -2.27. The second-order valence-electron chi connectivity index (χ2n) is 11.8. The maximum absolute atomic E-state index is 15.1. The van der Waals surface area contributed by atoms with Crippen LogP contribution >= 0.6 is 0 Å². The molecular weight excluding hydrogens is 493 g/mol. The molecule has 3 aliphatic carbocycles. The molecule has 4 unspecified atom stereocenters. The zero-order chi connectivity index (χ0) is 26.7. The van der Waals surface area contributed by atoms with Gasteiger partial charge in [0.05, 0.1) is 22.8 Å². The Morgan fingerprint density at radius 2 is 2.13 bits per heavy atom. The Bertz CT molecular complexity index is 1470. The largest absolute Gasteiger partial charge is 0.387 e. The molecule has 3 heterocycles.